The maximum atomic E-state index is 13.1. The van der Waals surface area contributed by atoms with Crippen LogP contribution in [0.2, 0.25) is 0 Å². The molecule has 1 amide bonds. The first kappa shape index (κ1) is 14.4. The zero-order valence-corrected chi connectivity index (χ0v) is 12.0. The molecule has 1 atom stereocenters. The molecule has 0 saturated carbocycles. The summed E-state index contributed by atoms with van der Waals surface area (Å²) in [5, 5.41) is 0. The molecule has 0 spiro atoms. The lowest BCUT2D eigenvalue weighted by Gasteiger charge is -2.19. The van der Waals surface area contributed by atoms with Gasteiger partial charge in [-0.2, -0.15) is 0 Å². The number of halogens is 1. The minimum Gasteiger partial charge on any atom is -0.492 e. The normalized spacial score (nSPS) is 16.4. The Labute approximate surface area is 128 Å². The largest absolute Gasteiger partial charge is 0.492 e. The molecule has 22 heavy (non-hydrogen) atoms. The second-order valence-electron chi connectivity index (χ2n) is 5.27. The Bertz CT molecular complexity index is 690. The third-order valence-electron chi connectivity index (χ3n) is 3.83. The average molecular weight is 300 g/mol. The lowest BCUT2D eigenvalue weighted by Crippen LogP contribution is -2.31. The minimum atomic E-state index is -0.321. The van der Waals surface area contributed by atoms with Crippen LogP contribution in [0.15, 0.2) is 48.5 Å². The van der Waals surface area contributed by atoms with E-state index < -0.39 is 0 Å². The maximum absolute atomic E-state index is 13.1. The molecule has 0 aromatic heterocycles. The van der Waals surface area contributed by atoms with Crippen molar-refractivity contribution in [3.63, 3.8) is 0 Å². The van der Waals surface area contributed by atoms with Gasteiger partial charge in [0.05, 0.1) is 12.5 Å². The number of ether oxygens (including phenoxy) is 1. The molecule has 0 radical (unpaired) electrons. The summed E-state index contributed by atoms with van der Waals surface area (Å²) in [6, 6.07) is 13.8. The van der Waals surface area contributed by atoms with Crippen molar-refractivity contribution in [1.82, 2.24) is 0 Å². The molecule has 0 aliphatic carbocycles. The van der Waals surface area contributed by atoms with Crippen molar-refractivity contribution in [3.8, 4) is 5.75 Å². The van der Waals surface area contributed by atoms with Gasteiger partial charge in [0.25, 0.3) is 0 Å². The van der Waals surface area contributed by atoms with Crippen molar-refractivity contribution >= 4 is 11.6 Å². The summed E-state index contributed by atoms with van der Waals surface area (Å²) in [6.45, 7) is 1.57. The number of carbonyl (C=O) groups is 1. The highest BCUT2D eigenvalue weighted by Gasteiger charge is 2.31. The van der Waals surface area contributed by atoms with Crippen LogP contribution < -0.4 is 15.4 Å². The predicted molar refractivity (Wildman–Crippen MR) is 82.5 cm³/mol. The number of hydrogen-bond donors (Lipinski definition) is 1. The Morgan fingerprint density at radius 1 is 1.27 bits per heavy atom. The van der Waals surface area contributed by atoms with Gasteiger partial charge in [0, 0.05) is 18.3 Å². The fraction of sp³-hybridized carbons (Fsp3) is 0.235. The lowest BCUT2D eigenvalue weighted by molar-refractivity contribution is -0.119. The third-order valence-corrected chi connectivity index (χ3v) is 3.83. The van der Waals surface area contributed by atoms with Crippen molar-refractivity contribution < 1.29 is 13.9 Å². The highest BCUT2D eigenvalue weighted by Crippen LogP contribution is 2.35. The molecule has 2 aromatic rings. The van der Waals surface area contributed by atoms with E-state index in [4.69, 9.17) is 10.5 Å². The van der Waals surface area contributed by atoms with Crippen LogP contribution in [0.4, 0.5) is 10.1 Å². The number of carbonyl (C=O) groups excluding carboxylic acids is 1. The first-order valence-electron chi connectivity index (χ1n) is 7.16. The SMILES string of the molecule is NC(=O)C1CN(CCOc2cccc(F)c2)c2ccccc21. The molecule has 1 aliphatic heterocycles. The maximum Gasteiger partial charge on any atom is 0.226 e. The molecule has 0 fully saturated rings. The van der Waals surface area contributed by atoms with Crippen molar-refractivity contribution in [3.05, 3.63) is 59.9 Å². The number of para-hydroxylation sites is 1. The highest BCUT2D eigenvalue weighted by molar-refractivity contribution is 5.87. The second kappa shape index (κ2) is 6.05. The molecule has 2 aromatic carbocycles. The Kier molecular flexibility index (Phi) is 3.96. The smallest absolute Gasteiger partial charge is 0.226 e. The zero-order valence-electron chi connectivity index (χ0n) is 12.0. The van der Waals surface area contributed by atoms with Gasteiger partial charge in [-0.05, 0) is 23.8 Å². The van der Waals surface area contributed by atoms with E-state index in [-0.39, 0.29) is 17.6 Å². The summed E-state index contributed by atoms with van der Waals surface area (Å²) in [6.07, 6.45) is 0. The molecule has 0 bridgehead atoms. The predicted octanol–water partition coefficient (Wildman–Crippen LogP) is 2.29. The quantitative estimate of drug-likeness (QED) is 0.922. The summed E-state index contributed by atoms with van der Waals surface area (Å²) >= 11 is 0. The number of nitrogens with zero attached hydrogens (tertiary/aromatic N) is 1. The van der Waals surface area contributed by atoms with E-state index in [1.807, 2.05) is 24.3 Å². The van der Waals surface area contributed by atoms with Crippen LogP contribution in [-0.4, -0.2) is 25.6 Å². The van der Waals surface area contributed by atoms with Gasteiger partial charge >= 0.3 is 0 Å². The number of fused-ring (bicyclic) bond motifs is 1. The van der Waals surface area contributed by atoms with E-state index in [1.165, 1.54) is 12.1 Å². The average Bonchev–Trinajstić information content (AvgIpc) is 2.87. The Morgan fingerprint density at radius 2 is 2.09 bits per heavy atom. The first-order chi connectivity index (χ1) is 10.6. The topological polar surface area (TPSA) is 55.6 Å². The molecule has 1 aliphatic rings. The first-order valence-corrected chi connectivity index (χ1v) is 7.16. The van der Waals surface area contributed by atoms with Gasteiger partial charge in [-0.3, -0.25) is 4.79 Å². The molecule has 4 nitrogen and oxygen atoms in total. The molecule has 5 heteroatoms. The molecule has 0 saturated heterocycles. The van der Waals surface area contributed by atoms with Gasteiger partial charge in [-0.25, -0.2) is 4.39 Å². The van der Waals surface area contributed by atoms with Crippen LogP contribution in [0.25, 0.3) is 0 Å². The molecule has 114 valence electrons. The Morgan fingerprint density at radius 3 is 2.86 bits per heavy atom. The van der Waals surface area contributed by atoms with Gasteiger partial charge in [0.2, 0.25) is 5.91 Å². The number of anilines is 1. The number of benzene rings is 2. The minimum absolute atomic E-state index is 0.287. The monoisotopic (exact) mass is 300 g/mol. The summed E-state index contributed by atoms with van der Waals surface area (Å²) in [7, 11) is 0. The van der Waals surface area contributed by atoms with Crippen LogP contribution >= 0.6 is 0 Å². The second-order valence-corrected chi connectivity index (χ2v) is 5.27. The zero-order chi connectivity index (χ0) is 15.5. The standard InChI is InChI=1S/C17H17FN2O2/c18-12-4-3-5-13(10-12)22-9-8-20-11-15(17(19)21)14-6-1-2-7-16(14)20/h1-7,10,15H,8-9,11H2,(H2,19,21). The van der Waals surface area contributed by atoms with Crippen LogP contribution in [0.3, 0.4) is 0 Å². The summed E-state index contributed by atoms with van der Waals surface area (Å²) in [5.41, 5.74) is 7.44. The number of rotatable bonds is 5. The van der Waals surface area contributed by atoms with Crippen LogP contribution in [0.1, 0.15) is 11.5 Å². The number of hydrogen-bond acceptors (Lipinski definition) is 3. The lowest BCUT2D eigenvalue weighted by atomic mass is 10.0. The Balaban J connectivity index is 1.65. The molecule has 1 heterocycles. The Hall–Kier alpha value is -2.56. The molecular formula is C17H17FN2O2. The van der Waals surface area contributed by atoms with E-state index >= 15 is 0 Å². The fourth-order valence-electron chi connectivity index (χ4n) is 2.77. The number of primary amides is 1. The van der Waals surface area contributed by atoms with E-state index in [0.717, 1.165) is 11.3 Å². The van der Waals surface area contributed by atoms with Gasteiger partial charge in [-0.15, -0.1) is 0 Å². The van der Waals surface area contributed by atoms with Crippen molar-refractivity contribution in [2.24, 2.45) is 5.73 Å². The van der Waals surface area contributed by atoms with Crippen molar-refractivity contribution in [2.75, 3.05) is 24.6 Å². The third kappa shape index (κ3) is 2.88. The van der Waals surface area contributed by atoms with Crippen LogP contribution in [-0.2, 0) is 4.79 Å². The van der Waals surface area contributed by atoms with Gasteiger partial charge in [0.15, 0.2) is 0 Å². The van der Waals surface area contributed by atoms with Crippen LogP contribution in [0, 0.1) is 5.82 Å². The molecular weight excluding hydrogens is 283 g/mol. The number of nitrogens with two attached hydrogens (primary N) is 1. The summed E-state index contributed by atoms with van der Waals surface area (Å²) < 4.78 is 18.7. The summed E-state index contributed by atoms with van der Waals surface area (Å²) in [4.78, 5) is 13.6. The number of amides is 1. The van der Waals surface area contributed by atoms with Crippen LogP contribution in [0.5, 0.6) is 5.75 Å². The van der Waals surface area contributed by atoms with Crippen molar-refractivity contribution in [2.45, 2.75) is 5.92 Å². The summed E-state index contributed by atoms with van der Waals surface area (Å²) in [5.74, 6) is -0.428. The molecule has 1 unspecified atom stereocenters. The highest BCUT2D eigenvalue weighted by atomic mass is 19.1. The van der Waals surface area contributed by atoms with Crippen molar-refractivity contribution in [1.29, 1.82) is 0 Å². The van der Waals surface area contributed by atoms with E-state index in [2.05, 4.69) is 4.90 Å². The van der Waals surface area contributed by atoms with Gasteiger partial charge in [-0.1, -0.05) is 24.3 Å². The van der Waals surface area contributed by atoms with Gasteiger partial charge < -0.3 is 15.4 Å². The van der Waals surface area contributed by atoms with Gasteiger partial charge in [0.1, 0.15) is 18.2 Å². The fourth-order valence-corrected chi connectivity index (χ4v) is 2.77. The van der Waals surface area contributed by atoms with E-state index in [1.54, 1.807) is 12.1 Å². The van der Waals surface area contributed by atoms with E-state index in [9.17, 15) is 9.18 Å². The van der Waals surface area contributed by atoms with E-state index in [0.29, 0.717) is 25.4 Å². The molecule has 2 N–H and O–H groups in total. The molecule has 3 rings (SSSR count).